The molecule has 3 heterocycles. The molecule has 3 aromatic carbocycles. The molecule has 0 spiro atoms. The predicted molar refractivity (Wildman–Crippen MR) is 161 cm³/mol. The molecule has 2 fully saturated rings. The van der Waals surface area contributed by atoms with Gasteiger partial charge in [0.1, 0.15) is 12.1 Å². The zero-order valence-electron chi connectivity index (χ0n) is 23.2. The molecule has 0 bridgehead atoms. The van der Waals surface area contributed by atoms with Gasteiger partial charge in [0.05, 0.1) is 11.3 Å². The SMILES string of the molecule is N#Cc1cc(-c2cccc(Cl)c2)ccc1N1CCC(CNCc2ccc3c(c2)CN(C2CCC(=O)NC2=O)C3=O)CC1. The van der Waals surface area contributed by atoms with Crippen molar-refractivity contribution in [2.75, 3.05) is 24.5 Å². The van der Waals surface area contributed by atoms with Crippen LogP contribution in [0.4, 0.5) is 5.69 Å². The van der Waals surface area contributed by atoms with Crippen molar-refractivity contribution in [1.29, 1.82) is 5.26 Å². The molecule has 0 aromatic heterocycles. The van der Waals surface area contributed by atoms with Crippen LogP contribution in [0.15, 0.2) is 60.7 Å². The highest BCUT2D eigenvalue weighted by Gasteiger charge is 2.39. The van der Waals surface area contributed by atoms with Crippen LogP contribution in [0.1, 0.15) is 52.7 Å². The number of nitrogens with zero attached hydrogens (tertiary/aromatic N) is 3. The van der Waals surface area contributed by atoms with Crippen LogP contribution in [0.2, 0.25) is 5.02 Å². The average Bonchev–Trinajstić information content (AvgIpc) is 3.32. The molecule has 2 saturated heterocycles. The van der Waals surface area contributed by atoms with Crippen LogP contribution in [0, 0.1) is 17.2 Å². The molecule has 3 aliphatic rings. The average molecular weight is 582 g/mol. The number of rotatable bonds is 7. The summed E-state index contributed by atoms with van der Waals surface area (Å²) < 4.78 is 0. The zero-order chi connectivity index (χ0) is 29.2. The maximum absolute atomic E-state index is 12.9. The van der Waals surface area contributed by atoms with Crippen molar-refractivity contribution in [1.82, 2.24) is 15.5 Å². The number of carbonyl (C=O) groups is 3. The summed E-state index contributed by atoms with van der Waals surface area (Å²) in [6.45, 7) is 3.77. The number of halogens is 1. The van der Waals surface area contributed by atoms with E-state index in [4.69, 9.17) is 11.6 Å². The summed E-state index contributed by atoms with van der Waals surface area (Å²) in [5, 5.41) is 16.5. The third-order valence-electron chi connectivity index (χ3n) is 8.58. The van der Waals surface area contributed by atoms with Gasteiger partial charge in [-0.2, -0.15) is 5.26 Å². The molecule has 214 valence electrons. The maximum atomic E-state index is 12.9. The lowest BCUT2D eigenvalue weighted by Gasteiger charge is -2.34. The number of piperidine rings is 2. The van der Waals surface area contributed by atoms with Crippen molar-refractivity contribution in [3.05, 3.63) is 87.9 Å². The van der Waals surface area contributed by atoms with Crippen LogP contribution in [0.25, 0.3) is 11.1 Å². The summed E-state index contributed by atoms with van der Waals surface area (Å²) in [6, 6.07) is 21.4. The van der Waals surface area contributed by atoms with E-state index in [1.807, 2.05) is 54.6 Å². The summed E-state index contributed by atoms with van der Waals surface area (Å²) in [5.41, 5.74) is 6.29. The Labute approximate surface area is 250 Å². The summed E-state index contributed by atoms with van der Waals surface area (Å²) in [6.07, 6.45) is 2.69. The second kappa shape index (κ2) is 12.0. The number of carbonyl (C=O) groups excluding carboxylic acids is 3. The molecule has 0 saturated carbocycles. The Balaban J connectivity index is 1.00. The molecule has 42 heavy (non-hydrogen) atoms. The van der Waals surface area contributed by atoms with E-state index in [1.54, 1.807) is 4.90 Å². The van der Waals surface area contributed by atoms with E-state index in [9.17, 15) is 19.6 Å². The monoisotopic (exact) mass is 581 g/mol. The zero-order valence-corrected chi connectivity index (χ0v) is 24.0. The van der Waals surface area contributed by atoms with Gasteiger partial charge in [-0.25, -0.2) is 0 Å². The van der Waals surface area contributed by atoms with E-state index < -0.39 is 11.9 Å². The molecular formula is C33H32ClN5O3. The fourth-order valence-corrected chi connectivity index (χ4v) is 6.48. The Bertz CT molecular complexity index is 1590. The van der Waals surface area contributed by atoms with Crippen LogP contribution in [-0.4, -0.2) is 48.3 Å². The smallest absolute Gasteiger partial charge is 0.255 e. The third-order valence-corrected chi connectivity index (χ3v) is 8.82. The van der Waals surface area contributed by atoms with E-state index in [0.717, 1.165) is 60.4 Å². The second-order valence-electron chi connectivity index (χ2n) is 11.3. The molecule has 6 rings (SSSR count). The van der Waals surface area contributed by atoms with Crippen LogP contribution in [0.5, 0.6) is 0 Å². The number of fused-ring (bicyclic) bond motifs is 1. The van der Waals surface area contributed by atoms with Crippen molar-refractivity contribution < 1.29 is 14.4 Å². The van der Waals surface area contributed by atoms with E-state index in [0.29, 0.717) is 41.6 Å². The maximum Gasteiger partial charge on any atom is 0.255 e. The highest BCUT2D eigenvalue weighted by atomic mass is 35.5. The quantitative estimate of drug-likeness (QED) is 0.394. The summed E-state index contributed by atoms with van der Waals surface area (Å²) in [7, 11) is 0. The number of hydrogen-bond donors (Lipinski definition) is 2. The Kier molecular flexibility index (Phi) is 7.96. The lowest BCUT2D eigenvalue weighted by atomic mass is 9.95. The number of amides is 3. The summed E-state index contributed by atoms with van der Waals surface area (Å²) >= 11 is 6.16. The number of anilines is 1. The first-order valence-electron chi connectivity index (χ1n) is 14.4. The number of imide groups is 1. The Morgan fingerprint density at radius 1 is 0.976 bits per heavy atom. The van der Waals surface area contributed by atoms with Gasteiger partial charge in [-0.05, 0) is 84.3 Å². The van der Waals surface area contributed by atoms with Gasteiger partial charge in [0.25, 0.3) is 5.91 Å². The number of nitrogens with one attached hydrogen (secondary N) is 2. The van der Waals surface area contributed by atoms with E-state index in [2.05, 4.69) is 27.7 Å². The number of nitriles is 1. The number of hydrogen-bond acceptors (Lipinski definition) is 6. The molecule has 8 nitrogen and oxygen atoms in total. The molecule has 3 aliphatic heterocycles. The van der Waals surface area contributed by atoms with Gasteiger partial charge < -0.3 is 15.1 Å². The van der Waals surface area contributed by atoms with Gasteiger partial charge in [0.2, 0.25) is 11.8 Å². The first-order chi connectivity index (χ1) is 20.4. The van der Waals surface area contributed by atoms with Crippen molar-refractivity contribution >= 4 is 35.0 Å². The molecule has 0 aliphatic carbocycles. The topological polar surface area (TPSA) is 106 Å². The van der Waals surface area contributed by atoms with E-state index >= 15 is 0 Å². The van der Waals surface area contributed by atoms with Crippen molar-refractivity contribution in [2.45, 2.75) is 44.8 Å². The largest absolute Gasteiger partial charge is 0.370 e. The summed E-state index contributed by atoms with van der Waals surface area (Å²) in [4.78, 5) is 40.6. The first kappa shape index (κ1) is 28.0. The van der Waals surface area contributed by atoms with Gasteiger partial charge in [0, 0.05) is 43.2 Å². The van der Waals surface area contributed by atoms with Gasteiger partial charge in [-0.15, -0.1) is 0 Å². The molecule has 0 radical (unpaired) electrons. The van der Waals surface area contributed by atoms with E-state index in [-0.39, 0.29) is 18.2 Å². The molecule has 3 amide bonds. The minimum atomic E-state index is -0.597. The normalized spacial score (nSPS) is 19.0. The minimum Gasteiger partial charge on any atom is -0.370 e. The first-order valence-corrected chi connectivity index (χ1v) is 14.8. The Morgan fingerprint density at radius 2 is 1.79 bits per heavy atom. The second-order valence-corrected chi connectivity index (χ2v) is 11.7. The van der Waals surface area contributed by atoms with Gasteiger partial charge in [-0.1, -0.05) is 41.9 Å². The minimum absolute atomic E-state index is 0.149. The predicted octanol–water partition coefficient (Wildman–Crippen LogP) is 4.65. The molecule has 2 N–H and O–H groups in total. The lowest BCUT2D eigenvalue weighted by molar-refractivity contribution is -0.136. The van der Waals surface area contributed by atoms with E-state index in [1.165, 1.54) is 0 Å². The standard InChI is InChI=1S/C33H32ClN5O3/c34-27-3-1-2-23(16-27)24-5-7-29(25(15-24)17-35)38-12-10-21(11-13-38)18-36-19-22-4-6-28-26(14-22)20-39(33(28)42)30-8-9-31(40)37-32(30)41/h1-7,14-16,21,30,36H,8-13,18-20H2,(H,37,40,41). The highest BCUT2D eigenvalue weighted by molar-refractivity contribution is 6.30. The number of benzene rings is 3. The van der Waals surface area contributed by atoms with Crippen molar-refractivity contribution in [2.24, 2.45) is 5.92 Å². The highest BCUT2D eigenvalue weighted by Crippen LogP contribution is 2.32. The lowest BCUT2D eigenvalue weighted by Crippen LogP contribution is -2.52. The van der Waals surface area contributed by atoms with Gasteiger partial charge in [-0.3, -0.25) is 19.7 Å². The van der Waals surface area contributed by atoms with Crippen LogP contribution >= 0.6 is 11.6 Å². The molecule has 1 atom stereocenters. The van der Waals surface area contributed by atoms with Crippen molar-refractivity contribution in [3.8, 4) is 17.2 Å². The molecule has 1 unspecified atom stereocenters. The molecular weight excluding hydrogens is 550 g/mol. The Morgan fingerprint density at radius 3 is 2.55 bits per heavy atom. The van der Waals surface area contributed by atoms with Gasteiger partial charge >= 0.3 is 0 Å². The fourth-order valence-electron chi connectivity index (χ4n) is 6.29. The Hall–Kier alpha value is -4.19. The third kappa shape index (κ3) is 5.76. The fraction of sp³-hybridized carbons (Fsp3) is 0.333. The molecule has 9 heteroatoms. The van der Waals surface area contributed by atoms with Crippen LogP contribution in [-0.2, 0) is 22.7 Å². The van der Waals surface area contributed by atoms with Crippen LogP contribution in [0.3, 0.4) is 0 Å². The van der Waals surface area contributed by atoms with Crippen LogP contribution < -0.4 is 15.5 Å². The summed E-state index contributed by atoms with van der Waals surface area (Å²) in [5.74, 6) is -0.283. The van der Waals surface area contributed by atoms with Gasteiger partial charge in [0.15, 0.2) is 0 Å². The van der Waals surface area contributed by atoms with Crippen molar-refractivity contribution in [3.63, 3.8) is 0 Å². The molecule has 3 aromatic rings.